The van der Waals surface area contributed by atoms with E-state index in [-0.39, 0.29) is 5.75 Å². The van der Waals surface area contributed by atoms with Crippen molar-refractivity contribution in [3.05, 3.63) is 41.6 Å². The molecule has 0 saturated heterocycles. The molecule has 0 saturated carbocycles. The lowest BCUT2D eigenvalue weighted by Gasteiger charge is -2.07. The minimum Gasteiger partial charge on any atom is -0.504 e. The zero-order chi connectivity index (χ0) is 14.5. The van der Waals surface area contributed by atoms with Crippen molar-refractivity contribution in [2.45, 2.75) is 6.92 Å². The van der Waals surface area contributed by atoms with Gasteiger partial charge >= 0.3 is 0 Å². The highest BCUT2D eigenvalue weighted by atomic mass is 16.5. The van der Waals surface area contributed by atoms with Gasteiger partial charge < -0.3 is 14.6 Å². The molecule has 0 radical (unpaired) electrons. The summed E-state index contributed by atoms with van der Waals surface area (Å²) in [6.45, 7) is 1.81. The fraction of sp³-hybridized carbons (Fsp3) is 0.200. The van der Waals surface area contributed by atoms with Gasteiger partial charge in [0.25, 0.3) is 0 Å². The van der Waals surface area contributed by atoms with Gasteiger partial charge in [0.05, 0.1) is 26.1 Å². The fourth-order valence-corrected chi connectivity index (χ4v) is 1.72. The monoisotopic (exact) mass is 272 g/mol. The van der Waals surface area contributed by atoms with Gasteiger partial charge in [-0.2, -0.15) is 0 Å². The third-order valence-corrected chi connectivity index (χ3v) is 2.80. The van der Waals surface area contributed by atoms with Gasteiger partial charge in [-0.25, -0.2) is 4.98 Å². The Morgan fingerprint density at radius 3 is 2.60 bits per heavy atom. The SMILES string of the molecule is COc1ccc(N=Cc2cc(C)c(O)c(OC)c2)cn1. The average Bonchev–Trinajstić information content (AvgIpc) is 2.48. The Morgan fingerprint density at radius 1 is 1.20 bits per heavy atom. The maximum atomic E-state index is 9.77. The first-order chi connectivity index (χ1) is 9.63. The van der Waals surface area contributed by atoms with Crippen molar-refractivity contribution in [2.24, 2.45) is 4.99 Å². The fourth-order valence-electron chi connectivity index (χ4n) is 1.72. The van der Waals surface area contributed by atoms with E-state index in [0.717, 1.165) is 16.8 Å². The predicted molar refractivity (Wildman–Crippen MR) is 77.4 cm³/mol. The second-order valence-electron chi connectivity index (χ2n) is 4.21. The molecule has 0 aliphatic rings. The van der Waals surface area contributed by atoms with Crippen LogP contribution in [0.15, 0.2) is 35.5 Å². The molecule has 0 unspecified atom stereocenters. The maximum Gasteiger partial charge on any atom is 0.213 e. The standard InChI is InChI=1S/C15H16N2O3/c1-10-6-11(7-13(19-2)15(10)18)8-16-12-4-5-14(20-3)17-9-12/h4-9,18H,1-3H3. The van der Waals surface area contributed by atoms with Crippen molar-refractivity contribution >= 4 is 11.9 Å². The summed E-state index contributed by atoms with van der Waals surface area (Å²) in [6, 6.07) is 7.11. The molecular formula is C15H16N2O3. The van der Waals surface area contributed by atoms with Gasteiger partial charge in [-0.1, -0.05) is 0 Å². The first-order valence-electron chi connectivity index (χ1n) is 6.05. The van der Waals surface area contributed by atoms with Crippen LogP contribution in [0.3, 0.4) is 0 Å². The van der Waals surface area contributed by atoms with Crippen molar-refractivity contribution in [2.75, 3.05) is 14.2 Å². The molecule has 1 aromatic heterocycles. The van der Waals surface area contributed by atoms with Gasteiger partial charge in [-0.15, -0.1) is 0 Å². The number of pyridine rings is 1. The Hall–Kier alpha value is -2.56. The van der Waals surface area contributed by atoms with Crippen LogP contribution in [-0.4, -0.2) is 30.5 Å². The number of nitrogens with zero attached hydrogens (tertiary/aromatic N) is 2. The highest BCUT2D eigenvalue weighted by Gasteiger charge is 2.06. The Kier molecular flexibility index (Phi) is 4.20. The quantitative estimate of drug-likeness (QED) is 0.869. The molecule has 0 atom stereocenters. The molecule has 1 N–H and O–H groups in total. The minimum atomic E-state index is 0.149. The minimum absolute atomic E-state index is 0.149. The van der Waals surface area contributed by atoms with Gasteiger partial charge in [0.15, 0.2) is 11.5 Å². The van der Waals surface area contributed by atoms with E-state index in [1.165, 1.54) is 7.11 Å². The number of hydrogen-bond donors (Lipinski definition) is 1. The van der Waals surface area contributed by atoms with Crippen LogP contribution in [-0.2, 0) is 0 Å². The number of aliphatic imine (C=N–C) groups is 1. The maximum absolute atomic E-state index is 9.77. The third-order valence-electron chi connectivity index (χ3n) is 2.80. The Bertz CT molecular complexity index is 622. The zero-order valence-corrected chi connectivity index (χ0v) is 11.6. The van der Waals surface area contributed by atoms with E-state index < -0.39 is 0 Å². The van der Waals surface area contributed by atoms with Crippen LogP contribution in [0.4, 0.5) is 5.69 Å². The molecule has 20 heavy (non-hydrogen) atoms. The van der Waals surface area contributed by atoms with Crippen LogP contribution in [0.5, 0.6) is 17.4 Å². The lowest BCUT2D eigenvalue weighted by Crippen LogP contribution is -1.90. The zero-order valence-electron chi connectivity index (χ0n) is 11.6. The number of rotatable bonds is 4. The molecule has 1 aromatic carbocycles. The topological polar surface area (TPSA) is 63.9 Å². The molecule has 5 heteroatoms. The van der Waals surface area contributed by atoms with Crippen molar-refractivity contribution in [1.82, 2.24) is 4.98 Å². The molecule has 1 heterocycles. The van der Waals surface area contributed by atoms with E-state index in [4.69, 9.17) is 9.47 Å². The van der Waals surface area contributed by atoms with Crippen LogP contribution in [0, 0.1) is 6.92 Å². The highest BCUT2D eigenvalue weighted by molar-refractivity contribution is 5.83. The first-order valence-corrected chi connectivity index (χ1v) is 6.05. The molecule has 0 aliphatic carbocycles. The van der Waals surface area contributed by atoms with Gasteiger partial charge in [-0.3, -0.25) is 4.99 Å². The lowest BCUT2D eigenvalue weighted by atomic mass is 10.1. The Labute approximate surface area is 117 Å². The lowest BCUT2D eigenvalue weighted by molar-refractivity contribution is 0.371. The molecule has 0 bridgehead atoms. The van der Waals surface area contributed by atoms with Crippen molar-refractivity contribution in [3.63, 3.8) is 0 Å². The van der Waals surface area contributed by atoms with Crippen LogP contribution >= 0.6 is 0 Å². The summed E-state index contributed by atoms with van der Waals surface area (Å²) in [7, 11) is 3.08. The van der Waals surface area contributed by atoms with Gasteiger partial charge in [0.1, 0.15) is 0 Å². The number of methoxy groups -OCH3 is 2. The van der Waals surface area contributed by atoms with Gasteiger partial charge in [-0.05, 0) is 36.2 Å². The molecule has 104 valence electrons. The molecule has 0 fully saturated rings. The van der Waals surface area contributed by atoms with Crippen LogP contribution in [0.25, 0.3) is 0 Å². The summed E-state index contributed by atoms with van der Waals surface area (Å²) >= 11 is 0. The van der Waals surface area contributed by atoms with E-state index >= 15 is 0 Å². The van der Waals surface area contributed by atoms with Gasteiger partial charge in [0, 0.05) is 12.3 Å². The van der Waals surface area contributed by atoms with Gasteiger partial charge in [0.2, 0.25) is 5.88 Å². The second-order valence-corrected chi connectivity index (χ2v) is 4.21. The second kappa shape index (κ2) is 6.06. The number of aryl methyl sites for hydroxylation is 1. The van der Waals surface area contributed by atoms with E-state index in [1.54, 1.807) is 31.7 Å². The largest absolute Gasteiger partial charge is 0.504 e. The summed E-state index contributed by atoms with van der Waals surface area (Å²) in [5.74, 6) is 1.13. The van der Waals surface area contributed by atoms with Crippen LogP contribution in [0.2, 0.25) is 0 Å². The number of hydrogen-bond acceptors (Lipinski definition) is 5. The van der Waals surface area contributed by atoms with E-state index in [9.17, 15) is 5.11 Å². The van der Waals surface area contributed by atoms with E-state index in [0.29, 0.717) is 11.6 Å². The molecule has 0 amide bonds. The van der Waals surface area contributed by atoms with Crippen LogP contribution in [0.1, 0.15) is 11.1 Å². The summed E-state index contributed by atoms with van der Waals surface area (Å²) in [4.78, 5) is 8.39. The van der Waals surface area contributed by atoms with Crippen LogP contribution < -0.4 is 9.47 Å². The van der Waals surface area contributed by atoms with E-state index in [1.807, 2.05) is 19.1 Å². The predicted octanol–water partition coefficient (Wildman–Crippen LogP) is 2.86. The highest BCUT2D eigenvalue weighted by Crippen LogP contribution is 2.30. The summed E-state index contributed by atoms with van der Waals surface area (Å²) in [6.07, 6.45) is 3.32. The summed E-state index contributed by atoms with van der Waals surface area (Å²) in [5, 5.41) is 9.77. The summed E-state index contributed by atoms with van der Waals surface area (Å²) in [5.41, 5.74) is 2.29. The number of benzene rings is 1. The molecule has 2 aromatic rings. The Balaban J connectivity index is 2.24. The summed E-state index contributed by atoms with van der Waals surface area (Å²) < 4.78 is 10.1. The number of phenols is 1. The smallest absolute Gasteiger partial charge is 0.213 e. The number of ether oxygens (including phenoxy) is 2. The third kappa shape index (κ3) is 3.06. The number of phenolic OH excluding ortho intramolecular Hbond substituents is 1. The molecule has 0 spiro atoms. The Morgan fingerprint density at radius 2 is 2.00 bits per heavy atom. The molecule has 5 nitrogen and oxygen atoms in total. The van der Waals surface area contributed by atoms with Crippen molar-refractivity contribution in [3.8, 4) is 17.4 Å². The molecule has 2 rings (SSSR count). The van der Waals surface area contributed by atoms with Crippen molar-refractivity contribution < 1.29 is 14.6 Å². The van der Waals surface area contributed by atoms with E-state index in [2.05, 4.69) is 9.98 Å². The van der Waals surface area contributed by atoms with Crippen molar-refractivity contribution in [1.29, 1.82) is 0 Å². The normalized spacial score (nSPS) is 10.8. The molecule has 0 aliphatic heterocycles. The number of aromatic nitrogens is 1. The number of aromatic hydroxyl groups is 1. The average molecular weight is 272 g/mol. The first kappa shape index (κ1) is 13.9. The molecular weight excluding hydrogens is 256 g/mol.